The summed E-state index contributed by atoms with van der Waals surface area (Å²) in [6.45, 7) is 2.78. The third-order valence-corrected chi connectivity index (χ3v) is 4.94. The van der Waals surface area contributed by atoms with Crippen molar-refractivity contribution in [2.24, 2.45) is 0 Å². The van der Waals surface area contributed by atoms with Crippen molar-refractivity contribution in [2.75, 3.05) is 19.4 Å². The van der Waals surface area contributed by atoms with E-state index in [1.807, 2.05) is 42.3 Å². The van der Waals surface area contributed by atoms with Crippen LogP contribution in [-0.2, 0) is 4.79 Å². The molecule has 1 aromatic heterocycles. The van der Waals surface area contributed by atoms with Crippen LogP contribution in [0.5, 0.6) is 5.75 Å². The van der Waals surface area contributed by atoms with Gasteiger partial charge >= 0.3 is 0 Å². The third kappa shape index (κ3) is 2.65. The molecule has 1 amide bonds. The second kappa shape index (κ2) is 5.85. The van der Waals surface area contributed by atoms with Crippen molar-refractivity contribution in [1.29, 1.82) is 0 Å². The molecule has 0 spiro atoms. The van der Waals surface area contributed by atoms with Crippen LogP contribution in [-0.4, -0.2) is 34.8 Å². The Morgan fingerprint density at radius 3 is 2.71 bits per heavy atom. The SMILES string of the molecule is CCN1C(=O)CSC1c1ccn(-c2ccc(OC)cc2)c1. The quantitative estimate of drug-likeness (QED) is 0.870. The summed E-state index contributed by atoms with van der Waals surface area (Å²) in [6, 6.07) is 10.0. The van der Waals surface area contributed by atoms with Crippen LogP contribution in [0.4, 0.5) is 0 Å². The number of benzene rings is 1. The highest BCUT2D eigenvalue weighted by atomic mass is 32.2. The van der Waals surface area contributed by atoms with Gasteiger partial charge in [0.15, 0.2) is 0 Å². The van der Waals surface area contributed by atoms with E-state index in [-0.39, 0.29) is 11.3 Å². The summed E-state index contributed by atoms with van der Waals surface area (Å²) in [5.74, 6) is 1.65. The maximum absolute atomic E-state index is 11.8. The van der Waals surface area contributed by atoms with Gasteiger partial charge in [-0.1, -0.05) is 0 Å². The first kappa shape index (κ1) is 14.1. The Labute approximate surface area is 128 Å². The molecule has 5 heteroatoms. The molecule has 0 aliphatic carbocycles. The van der Waals surface area contributed by atoms with Crippen LogP contribution < -0.4 is 4.74 Å². The fourth-order valence-electron chi connectivity index (χ4n) is 2.55. The molecule has 1 fully saturated rings. The van der Waals surface area contributed by atoms with Crippen molar-refractivity contribution in [1.82, 2.24) is 9.47 Å². The van der Waals surface area contributed by atoms with E-state index >= 15 is 0 Å². The number of hydrogen-bond acceptors (Lipinski definition) is 3. The number of nitrogens with zero attached hydrogens (tertiary/aromatic N) is 2. The van der Waals surface area contributed by atoms with Gasteiger partial charge in [-0.3, -0.25) is 4.79 Å². The molecule has 0 radical (unpaired) electrons. The normalized spacial score (nSPS) is 18.3. The molecular weight excluding hydrogens is 284 g/mol. The Morgan fingerprint density at radius 1 is 1.29 bits per heavy atom. The molecule has 2 heterocycles. The molecule has 0 N–H and O–H groups in total. The molecule has 1 aliphatic rings. The summed E-state index contributed by atoms with van der Waals surface area (Å²) in [5.41, 5.74) is 2.25. The van der Waals surface area contributed by atoms with Crippen LogP contribution in [0.25, 0.3) is 5.69 Å². The van der Waals surface area contributed by atoms with Gasteiger partial charge in [0.1, 0.15) is 11.1 Å². The number of thioether (sulfide) groups is 1. The van der Waals surface area contributed by atoms with Gasteiger partial charge in [-0.25, -0.2) is 0 Å². The Bertz CT molecular complexity index is 636. The summed E-state index contributed by atoms with van der Waals surface area (Å²) >= 11 is 1.69. The van der Waals surface area contributed by atoms with Crippen molar-refractivity contribution >= 4 is 17.7 Å². The number of carbonyl (C=O) groups excluding carboxylic acids is 1. The van der Waals surface area contributed by atoms with E-state index in [1.54, 1.807) is 18.9 Å². The topological polar surface area (TPSA) is 34.5 Å². The number of hydrogen-bond donors (Lipinski definition) is 0. The highest BCUT2D eigenvalue weighted by molar-refractivity contribution is 8.00. The zero-order valence-electron chi connectivity index (χ0n) is 12.2. The van der Waals surface area contributed by atoms with E-state index in [2.05, 4.69) is 16.8 Å². The van der Waals surface area contributed by atoms with Gasteiger partial charge in [0, 0.05) is 30.2 Å². The number of ether oxygens (including phenoxy) is 1. The first-order valence-corrected chi connectivity index (χ1v) is 8.01. The smallest absolute Gasteiger partial charge is 0.233 e. The molecule has 3 rings (SSSR count). The highest BCUT2D eigenvalue weighted by Gasteiger charge is 2.31. The average molecular weight is 302 g/mol. The van der Waals surface area contributed by atoms with E-state index in [0.29, 0.717) is 5.75 Å². The molecule has 0 saturated carbocycles. The lowest BCUT2D eigenvalue weighted by atomic mass is 10.3. The molecular formula is C16H18N2O2S. The maximum Gasteiger partial charge on any atom is 0.233 e. The molecule has 110 valence electrons. The molecule has 2 aromatic rings. The lowest BCUT2D eigenvalue weighted by molar-refractivity contribution is -0.127. The van der Waals surface area contributed by atoms with Crippen molar-refractivity contribution in [3.8, 4) is 11.4 Å². The minimum absolute atomic E-state index is 0.141. The summed E-state index contributed by atoms with van der Waals surface area (Å²) in [6.07, 6.45) is 4.13. The van der Waals surface area contributed by atoms with E-state index < -0.39 is 0 Å². The lowest BCUT2D eigenvalue weighted by Crippen LogP contribution is -2.27. The Balaban J connectivity index is 1.84. The second-order valence-electron chi connectivity index (χ2n) is 4.89. The van der Waals surface area contributed by atoms with Gasteiger partial charge in [0.25, 0.3) is 0 Å². The summed E-state index contributed by atoms with van der Waals surface area (Å²) in [7, 11) is 1.66. The van der Waals surface area contributed by atoms with Gasteiger partial charge in [0.05, 0.1) is 12.9 Å². The van der Waals surface area contributed by atoms with E-state index in [0.717, 1.165) is 18.0 Å². The number of methoxy groups -OCH3 is 1. The minimum atomic E-state index is 0.141. The number of amides is 1. The van der Waals surface area contributed by atoms with Gasteiger partial charge in [-0.15, -0.1) is 11.8 Å². The molecule has 4 nitrogen and oxygen atoms in total. The Hall–Kier alpha value is -1.88. The van der Waals surface area contributed by atoms with Crippen molar-refractivity contribution in [3.63, 3.8) is 0 Å². The van der Waals surface area contributed by atoms with E-state index in [9.17, 15) is 4.79 Å². The maximum atomic E-state index is 11.8. The molecule has 1 unspecified atom stereocenters. The van der Waals surface area contributed by atoms with Crippen LogP contribution in [0.2, 0.25) is 0 Å². The molecule has 1 aromatic carbocycles. The Kier molecular flexibility index (Phi) is 3.92. The zero-order valence-corrected chi connectivity index (χ0v) is 13.0. The minimum Gasteiger partial charge on any atom is -0.497 e. The monoisotopic (exact) mass is 302 g/mol. The molecule has 21 heavy (non-hydrogen) atoms. The van der Waals surface area contributed by atoms with Gasteiger partial charge in [0.2, 0.25) is 5.91 Å². The largest absolute Gasteiger partial charge is 0.497 e. The number of aromatic nitrogens is 1. The fourth-order valence-corrected chi connectivity index (χ4v) is 3.79. The standard InChI is InChI=1S/C16H18N2O2S/c1-3-18-15(19)11-21-16(18)12-8-9-17(10-12)13-4-6-14(20-2)7-5-13/h4-10,16H,3,11H2,1-2H3. The fraction of sp³-hybridized carbons (Fsp3) is 0.312. The van der Waals surface area contributed by atoms with Crippen molar-refractivity contribution in [2.45, 2.75) is 12.3 Å². The zero-order chi connectivity index (χ0) is 14.8. The van der Waals surface area contributed by atoms with Crippen LogP contribution in [0.1, 0.15) is 17.9 Å². The van der Waals surface area contributed by atoms with Crippen molar-refractivity contribution < 1.29 is 9.53 Å². The average Bonchev–Trinajstić information content (AvgIpc) is 3.13. The predicted octanol–water partition coefficient (Wildman–Crippen LogP) is 3.08. The predicted molar refractivity (Wildman–Crippen MR) is 84.9 cm³/mol. The first-order valence-electron chi connectivity index (χ1n) is 6.96. The second-order valence-corrected chi connectivity index (χ2v) is 5.96. The third-order valence-electron chi connectivity index (χ3n) is 3.68. The van der Waals surface area contributed by atoms with Gasteiger partial charge in [-0.2, -0.15) is 0 Å². The molecule has 1 aliphatic heterocycles. The van der Waals surface area contributed by atoms with Crippen molar-refractivity contribution in [3.05, 3.63) is 48.3 Å². The molecule has 1 atom stereocenters. The summed E-state index contributed by atoms with van der Waals surface area (Å²) in [4.78, 5) is 13.7. The lowest BCUT2D eigenvalue weighted by Gasteiger charge is -2.21. The number of carbonyl (C=O) groups is 1. The van der Waals surface area contributed by atoms with Gasteiger partial charge < -0.3 is 14.2 Å². The van der Waals surface area contributed by atoms with E-state index in [4.69, 9.17) is 4.74 Å². The van der Waals surface area contributed by atoms with E-state index in [1.165, 1.54) is 5.56 Å². The highest BCUT2D eigenvalue weighted by Crippen LogP contribution is 2.38. The Morgan fingerprint density at radius 2 is 2.05 bits per heavy atom. The summed E-state index contributed by atoms with van der Waals surface area (Å²) < 4.78 is 7.25. The molecule has 0 bridgehead atoms. The first-order chi connectivity index (χ1) is 10.2. The van der Waals surface area contributed by atoms with Gasteiger partial charge in [-0.05, 0) is 37.3 Å². The summed E-state index contributed by atoms with van der Waals surface area (Å²) in [5, 5.41) is 0.141. The number of rotatable bonds is 4. The van der Waals surface area contributed by atoms with Crippen LogP contribution in [0, 0.1) is 0 Å². The van der Waals surface area contributed by atoms with Crippen LogP contribution in [0.3, 0.4) is 0 Å². The molecule has 1 saturated heterocycles. The van der Waals surface area contributed by atoms with Crippen LogP contribution >= 0.6 is 11.8 Å². The van der Waals surface area contributed by atoms with Crippen LogP contribution in [0.15, 0.2) is 42.7 Å².